The van der Waals surface area contributed by atoms with Crippen molar-refractivity contribution in [1.29, 1.82) is 0 Å². The third kappa shape index (κ3) is 5.81. The summed E-state index contributed by atoms with van der Waals surface area (Å²) in [6, 6.07) is 8.90. The van der Waals surface area contributed by atoms with Gasteiger partial charge in [0.15, 0.2) is 5.13 Å². The van der Waals surface area contributed by atoms with Crippen LogP contribution >= 0.6 is 11.3 Å². The molecule has 10 heteroatoms. The van der Waals surface area contributed by atoms with E-state index in [4.69, 9.17) is 9.47 Å². The normalized spacial score (nSPS) is 14.8. The van der Waals surface area contributed by atoms with Crippen molar-refractivity contribution in [3.8, 4) is 17.0 Å². The number of carbonyl (C=O) groups is 2. The molecular formula is C24H27FN4O4S. The number of carbonyl (C=O) groups excluding carboxylic acids is 2. The first-order valence-corrected chi connectivity index (χ1v) is 11.7. The van der Waals surface area contributed by atoms with Crippen LogP contribution in [0, 0.1) is 0 Å². The molecule has 0 unspecified atom stereocenters. The Morgan fingerprint density at radius 3 is 2.82 bits per heavy atom. The molecule has 1 fully saturated rings. The maximum absolute atomic E-state index is 13.7. The number of benzene rings is 1. The van der Waals surface area contributed by atoms with Gasteiger partial charge >= 0.3 is 0 Å². The van der Waals surface area contributed by atoms with E-state index in [0.717, 1.165) is 5.56 Å². The number of aromatic nitrogens is 2. The molecule has 0 aliphatic carbocycles. The number of amides is 2. The minimum absolute atomic E-state index is 0.0565. The summed E-state index contributed by atoms with van der Waals surface area (Å²) < 4.78 is 26.4. The molecule has 0 saturated carbocycles. The van der Waals surface area contributed by atoms with E-state index in [1.165, 1.54) is 25.2 Å². The lowest BCUT2D eigenvalue weighted by Gasteiger charge is -2.39. The molecule has 2 aromatic heterocycles. The molecular weight excluding hydrogens is 459 g/mol. The van der Waals surface area contributed by atoms with Crippen molar-refractivity contribution in [1.82, 2.24) is 14.9 Å². The first kappa shape index (κ1) is 23.9. The highest BCUT2D eigenvalue weighted by Crippen LogP contribution is 2.28. The van der Waals surface area contributed by atoms with E-state index < -0.39 is 5.67 Å². The molecule has 1 aromatic carbocycles. The van der Waals surface area contributed by atoms with Crippen molar-refractivity contribution in [2.24, 2.45) is 0 Å². The van der Waals surface area contributed by atoms with Crippen molar-refractivity contribution < 1.29 is 23.5 Å². The van der Waals surface area contributed by atoms with Gasteiger partial charge in [-0.05, 0) is 39.0 Å². The Labute approximate surface area is 201 Å². The molecule has 34 heavy (non-hydrogen) atoms. The zero-order chi connectivity index (χ0) is 24.3. The number of hydrogen-bond acceptors (Lipinski definition) is 6. The van der Waals surface area contributed by atoms with E-state index in [0.29, 0.717) is 35.4 Å². The Bertz CT molecular complexity index is 1180. The fourth-order valence-electron chi connectivity index (χ4n) is 3.30. The number of rotatable bonds is 9. The lowest BCUT2D eigenvalue weighted by atomic mass is 10.0. The van der Waals surface area contributed by atoms with Gasteiger partial charge in [0.1, 0.15) is 18.0 Å². The van der Waals surface area contributed by atoms with Gasteiger partial charge in [-0.3, -0.25) is 9.59 Å². The molecule has 3 heterocycles. The molecule has 180 valence electrons. The Balaban J connectivity index is 1.29. The van der Waals surface area contributed by atoms with Gasteiger partial charge in [-0.1, -0.05) is 12.1 Å². The van der Waals surface area contributed by atoms with Crippen molar-refractivity contribution in [2.45, 2.75) is 32.0 Å². The van der Waals surface area contributed by atoms with Crippen LogP contribution in [0.25, 0.3) is 11.3 Å². The Morgan fingerprint density at radius 1 is 1.32 bits per heavy atom. The van der Waals surface area contributed by atoms with Crippen LogP contribution < -0.4 is 15.4 Å². The molecule has 8 nitrogen and oxygen atoms in total. The number of nitrogens with zero attached hydrogens (tertiary/aromatic N) is 2. The second kappa shape index (κ2) is 9.55. The van der Waals surface area contributed by atoms with Gasteiger partial charge in [0.05, 0.1) is 36.6 Å². The summed E-state index contributed by atoms with van der Waals surface area (Å²) in [7, 11) is 0. The number of nitrogens with one attached hydrogen (secondary N) is 2. The highest BCUT2D eigenvalue weighted by atomic mass is 32.1. The van der Waals surface area contributed by atoms with Gasteiger partial charge in [-0.2, -0.15) is 0 Å². The van der Waals surface area contributed by atoms with Crippen LogP contribution in [0.2, 0.25) is 0 Å². The summed E-state index contributed by atoms with van der Waals surface area (Å²) in [6.07, 6.45) is 3.60. The predicted octanol–water partition coefficient (Wildman–Crippen LogP) is 3.85. The Morgan fingerprint density at radius 2 is 2.12 bits per heavy atom. The summed E-state index contributed by atoms with van der Waals surface area (Å²) in [6.45, 7) is 5.94. The number of ether oxygens (including phenoxy) is 2. The zero-order valence-corrected chi connectivity index (χ0v) is 20.1. The topological polar surface area (TPSA) is 94.5 Å². The smallest absolute Gasteiger partial charge is 0.253 e. The molecule has 1 saturated heterocycles. The number of halogens is 1. The zero-order valence-electron chi connectivity index (χ0n) is 19.3. The standard InChI is InChI=1S/C24H27FN4O4S/c1-23(2,25)13-33-18-6-4-5-16(9-18)19-12-34-22(27-19)28-20(30)10-26-21(31)17-7-8-29(11-17)24(3)14-32-15-24/h4-9,11-12H,10,13-15H2,1-3H3,(H,26,31)(H,27,28,30). The lowest BCUT2D eigenvalue weighted by Crippen LogP contribution is -2.48. The summed E-state index contributed by atoms with van der Waals surface area (Å²) in [5, 5.41) is 7.54. The van der Waals surface area contributed by atoms with E-state index >= 15 is 0 Å². The van der Waals surface area contributed by atoms with Gasteiger partial charge in [0.2, 0.25) is 5.91 Å². The first-order valence-electron chi connectivity index (χ1n) is 10.8. The summed E-state index contributed by atoms with van der Waals surface area (Å²) in [4.78, 5) is 29.1. The van der Waals surface area contributed by atoms with E-state index in [9.17, 15) is 14.0 Å². The summed E-state index contributed by atoms with van der Waals surface area (Å²) >= 11 is 1.27. The molecule has 2 amide bonds. The largest absolute Gasteiger partial charge is 0.490 e. The average Bonchev–Trinajstić information content (AvgIpc) is 3.44. The Kier molecular flexibility index (Phi) is 6.72. The molecule has 1 aliphatic rings. The molecule has 0 bridgehead atoms. The fraction of sp³-hybridized carbons (Fsp3) is 0.375. The van der Waals surface area contributed by atoms with Gasteiger partial charge in [0, 0.05) is 23.3 Å². The summed E-state index contributed by atoms with van der Waals surface area (Å²) in [5.41, 5.74) is 0.361. The average molecular weight is 487 g/mol. The third-order valence-electron chi connectivity index (χ3n) is 5.28. The highest BCUT2D eigenvalue weighted by Gasteiger charge is 2.35. The number of hydrogen-bond donors (Lipinski definition) is 2. The molecule has 0 spiro atoms. The lowest BCUT2D eigenvalue weighted by molar-refractivity contribution is -0.115. The van der Waals surface area contributed by atoms with Gasteiger partial charge in [-0.15, -0.1) is 11.3 Å². The highest BCUT2D eigenvalue weighted by molar-refractivity contribution is 7.14. The molecule has 1 aliphatic heterocycles. The maximum Gasteiger partial charge on any atom is 0.253 e. The van der Waals surface area contributed by atoms with E-state index in [2.05, 4.69) is 22.5 Å². The van der Waals surface area contributed by atoms with Crippen LogP contribution in [0.1, 0.15) is 31.1 Å². The van der Waals surface area contributed by atoms with Gasteiger partial charge in [0.25, 0.3) is 5.91 Å². The number of anilines is 1. The van der Waals surface area contributed by atoms with Gasteiger partial charge in [-0.25, -0.2) is 9.37 Å². The first-order chi connectivity index (χ1) is 16.1. The molecule has 3 aromatic rings. The van der Waals surface area contributed by atoms with E-state index in [1.807, 2.05) is 16.8 Å². The van der Waals surface area contributed by atoms with Crippen LogP contribution in [0.5, 0.6) is 5.75 Å². The van der Waals surface area contributed by atoms with Crippen LogP contribution in [-0.2, 0) is 15.1 Å². The van der Waals surface area contributed by atoms with Crippen molar-refractivity contribution in [3.63, 3.8) is 0 Å². The second-order valence-electron chi connectivity index (χ2n) is 9.10. The van der Waals surface area contributed by atoms with Gasteiger partial charge < -0.3 is 24.7 Å². The monoisotopic (exact) mass is 486 g/mol. The van der Waals surface area contributed by atoms with E-state index in [-0.39, 0.29) is 30.5 Å². The van der Waals surface area contributed by atoms with Crippen LogP contribution in [0.3, 0.4) is 0 Å². The third-order valence-corrected chi connectivity index (χ3v) is 6.03. The minimum atomic E-state index is -1.43. The predicted molar refractivity (Wildman–Crippen MR) is 128 cm³/mol. The van der Waals surface area contributed by atoms with Crippen molar-refractivity contribution in [2.75, 3.05) is 31.7 Å². The minimum Gasteiger partial charge on any atom is -0.490 e. The maximum atomic E-state index is 13.7. The fourth-order valence-corrected chi connectivity index (χ4v) is 4.04. The van der Waals surface area contributed by atoms with Crippen molar-refractivity contribution >= 4 is 28.3 Å². The molecule has 2 N–H and O–H groups in total. The van der Waals surface area contributed by atoms with Crippen LogP contribution in [0.4, 0.5) is 9.52 Å². The van der Waals surface area contributed by atoms with E-state index in [1.54, 1.807) is 35.8 Å². The number of alkyl halides is 1. The van der Waals surface area contributed by atoms with Crippen LogP contribution in [-0.4, -0.2) is 53.4 Å². The summed E-state index contributed by atoms with van der Waals surface area (Å²) in [5.74, 6) is -0.168. The van der Waals surface area contributed by atoms with Crippen LogP contribution in [0.15, 0.2) is 48.1 Å². The number of thiazole rings is 1. The molecule has 4 rings (SSSR count). The molecule has 0 atom stereocenters. The van der Waals surface area contributed by atoms with Crippen molar-refractivity contribution in [3.05, 3.63) is 53.7 Å². The Hall–Kier alpha value is -3.24. The quantitative estimate of drug-likeness (QED) is 0.479. The second-order valence-corrected chi connectivity index (χ2v) is 9.96. The molecule has 0 radical (unpaired) electrons. The SMILES string of the molecule is CC(C)(F)COc1cccc(-c2csc(NC(=O)CNC(=O)c3ccn(C4(C)COC4)c3)n2)c1.